The van der Waals surface area contributed by atoms with Gasteiger partial charge in [-0.15, -0.1) is 6.58 Å². The summed E-state index contributed by atoms with van der Waals surface area (Å²) in [6.07, 6.45) is 3.66. The van der Waals surface area contributed by atoms with E-state index < -0.39 is 0 Å². The van der Waals surface area contributed by atoms with Gasteiger partial charge in [-0.2, -0.15) is 0 Å². The molecule has 3 aromatic rings. The molecule has 3 rings (SSSR count). The Morgan fingerprint density at radius 2 is 1.91 bits per heavy atom. The van der Waals surface area contributed by atoms with Crippen molar-refractivity contribution in [3.05, 3.63) is 65.6 Å². The molecule has 0 saturated carbocycles. The van der Waals surface area contributed by atoms with Crippen LogP contribution >= 0.6 is 0 Å². The van der Waals surface area contributed by atoms with Crippen molar-refractivity contribution in [3.8, 4) is 16.9 Å². The molecule has 0 saturated heterocycles. The largest absolute Gasteiger partial charge is 0.508 e. The molecule has 0 fully saturated rings. The summed E-state index contributed by atoms with van der Waals surface area (Å²) in [5.74, 6) is 0.235. The van der Waals surface area contributed by atoms with Crippen LogP contribution in [0, 0.1) is 0 Å². The molecule has 23 heavy (non-hydrogen) atoms. The zero-order valence-corrected chi connectivity index (χ0v) is 13.2. The molecule has 4 heteroatoms. The van der Waals surface area contributed by atoms with E-state index in [1.807, 2.05) is 41.0 Å². The number of nitrogens with zero attached hydrogens (tertiary/aromatic N) is 2. The van der Waals surface area contributed by atoms with Gasteiger partial charge in [0.25, 0.3) is 0 Å². The number of aromatic hydroxyl groups is 1. The summed E-state index contributed by atoms with van der Waals surface area (Å²) in [7, 11) is 1.79. The van der Waals surface area contributed by atoms with Crippen LogP contribution in [0.2, 0.25) is 0 Å². The van der Waals surface area contributed by atoms with Crippen LogP contribution in [0.25, 0.3) is 22.2 Å². The molecule has 0 spiro atoms. The monoisotopic (exact) mass is 308 g/mol. The van der Waals surface area contributed by atoms with Crippen molar-refractivity contribution in [2.45, 2.75) is 19.4 Å². The Bertz CT molecular complexity index is 919. The van der Waals surface area contributed by atoms with E-state index >= 15 is 0 Å². The number of fused-ring (bicyclic) bond motifs is 1. The zero-order valence-electron chi connectivity index (χ0n) is 13.2. The molecule has 0 aliphatic carbocycles. The van der Waals surface area contributed by atoms with Crippen LogP contribution in [-0.4, -0.2) is 14.2 Å². The highest BCUT2D eigenvalue weighted by Gasteiger charge is 2.11. The number of allylic oxidation sites excluding steroid dienone is 1. The van der Waals surface area contributed by atoms with E-state index in [2.05, 4.69) is 6.58 Å². The lowest BCUT2D eigenvalue weighted by atomic mass is 10.0. The van der Waals surface area contributed by atoms with Crippen LogP contribution in [0.15, 0.2) is 59.9 Å². The standard InChI is InChI=1S/C19H20N2O2/c1-3-4-5-11-21-17-10-9-15(13-18(17)20(2)19(21)23)14-7-6-8-16(22)12-14/h3,6-10,12-13,22H,1,4-5,11H2,2H3. The Labute approximate surface area is 134 Å². The fraction of sp³-hybridized carbons (Fsp3) is 0.211. The molecule has 0 aliphatic heterocycles. The summed E-state index contributed by atoms with van der Waals surface area (Å²) in [4.78, 5) is 12.4. The number of hydrogen-bond donors (Lipinski definition) is 1. The SMILES string of the molecule is C=CCCCn1c(=O)n(C)c2cc(-c3cccc(O)c3)ccc21. The van der Waals surface area contributed by atoms with Crippen molar-refractivity contribution < 1.29 is 5.11 Å². The zero-order chi connectivity index (χ0) is 16.4. The Balaban J connectivity index is 2.09. The highest BCUT2D eigenvalue weighted by atomic mass is 16.3. The quantitative estimate of drug-likeness (QED) is 0.577. The number of imidazole rings is 1. The summed E-state index contributed by atoms with van der Waals surface area (Å²) < 4.78 is 3.49. The van der Waals surface area contributed by atoms with Gasteiger partial charge in [-0.3, -0.25) is 9.13 Å². The molecule has 1 heterocycles. The van der Waals surface area contributed by atoms with Gasteiger partial charge in [0.1, 0.15) is 5.75 Å². The van der Waals surface area contributed by atoms with Gasteiger partial charge in [0.15, 0.2) is 0 Å². The van der Waals surface area contributed by atoms with Crippen LogP contribution in [-0.2, 0) is 13.6 Å². The van der Waals surface area contributed by atoms with Crippen molar-refractivity contribution in [1.82, 2.24) is 9.13 Å². The topological polar surface area (TPSA) is 47.2 Å². The number of aromatic nitrogens is 2. The average Bonchev–Trinajstić information content (AvgIpc) is 2.79. The summed E-state index contributed by atoms with van der Waals surface area (Å²) in [5, 5.41) is 9.64. The van der Waals surface area contributed by atoms with Crippen molar-refractivity contribution in [1.29, 1.82) is 0 Å². The lowest BCUT2D eigenvalue weighted by Gasteiger charge is -2.05. The lowest BCUT2D eigenvalue weighted by molar-refractivity contribution is 0.475. The number of phenols is 1. The summed E-state index contributed by atoms with van der Waals surface area (Å²) in [5.41, 5.74) is 3.74. The molecular weight excluding hydrogens is 288 g/mol. The van der Waals surface area contributed by atoms with Crippen LogP contribution in [0.3, 0.4) is 0 Å². The van der Waals surface area contributed by atoms with Gasteiger partial charge in [-0.25, -0.2) is 4.79 Å². The van der Waals surface area contributed by atoms with Crippen LogP contribution < -0.4 is 5.69 Å². The molecule has 4 nitrogen and oxygen atoms in total. The van der Waals surface area contributed by atoms with E-state index in [1.54, 1.807) is 23.7 Å². The van der Waals surface area contributed by atoms with E-state index in [1.165, 1.54) is 0 Å². The molecule has 2 aromatic carbocycles. The van der Waals surface area contributed by atoms with Crippen LogP contribution in [0.5, 0.6) is 5.75 Å². The first-order chi connectivity index (χ1) is 11.1. The van der Waals surface area contributed by atoms with Crippen molar-refractivity contribution in [3.63, 3.8) is 0 Å². The van der Waals surface area contributed by atoms with Gasteiger partial charge in [-0.05, 0) is 48.2 Å². The van der Waals surface area contributed by atoms with Gasteiger partial charge in [-0.1, -0.05) is 24.3 Å². The first-order valence-electron chi connectivity index (χ1n) is 7.71. The van der Waals surface area contributed by atoms with Crippen LogP contribution in [0.4, 0.5) is 0 Å². The fourth-order valence-corrected chi connectivity index (χ4v) is 2.88. The van der Waals surface area contributed by atoms with E-state index in [0.29, 0.717) is 6.54 Å². The third-order valence-corrected chi connectivity index (χ3v) is 4.11. The summed E-state index contributed by atoms with van der Waals surface area (Å²) >= 11 is 0. The number of unbranched alkanes of at least 4 members (excludes halogenated alkanes) is 1. The minimum atomic E-state index is -0.00267. The second-order valence-electron chi connectivity index (χ2n) is 5.68. The Morgan fingerprint density at radius 3 is 2.65 bits per heavy atom. The number of aryl methyl sites for hydroxylation is 2. The molecular formula is C19H20N2O2. The molecule has 0 aliphatic rings. The first-order valence-corrected chi connectivity index (χ1v) is 7.71. The number of phenolic OH excluding ortho intramolecular Hbond substituents is 1. The van der Waals surface area contributed by atoms with Gasteiger partial charge in [0.05, 0.1) is 11.0 Å². The molecule has 0 unspecified atom stereocenters. The highest BCUT2D eigenvalue weighted by molar-refractivity contribution is 5.83. The number of rotatable bonds is 5. The summed E-state index contributed by atoms with van der Waals surface area (Å²) in [6, 6.07) is 13.1. The fourth-order valence-electron chi connectivity index (χ4n) is 2.88. The van der Waals surface area contributed by atoms with Gasteiger partial charge < -0.3 is 5.11 Å². The Kier molecular flexibility index (Phi) is 4.06. The normalized spacial score (nSPS) is 11.0. The minimum absolute atomic E-state index is 0.00267. The third kappa shape index (κ3) is 2.80. The van der Waals surface area contributed by atoms with Crippen LogP contribution in [0.1, 0.15) is 12.8 Å². The van der Waals surface area contributed by atoms with E-state index in [0.717, 1.165) is 35.0 Å². The molecule has 0 amide bonds. The second-order valence-corrected chi connectivity index (χ2v) is 5.68. The Morgan fingerprint density at radius 1 is 1.13 bits per heavy atom. The maximum absolute atomic E-state index is 12.4. The molecule has 0 radical (unpaired) electrons. The van der Waals surface area contributed by atoms with Crippen molar-refractivity contribution in [2.24, 2.45) is 7.05 Å². The van der Waals surface area contributed by atoms with Crippen molar-refractivity contribution >= 4 is 11.0 Å². The molecule has 118 valence electrons. The van der Waals surface area contributed by atoms with E-state index in [4.69, 9.17) is 0 Å². The third-order valence-electron chi connectivity index (χ3n) is 4.11. The average molecular weight is 308 g/mol. The molecule has 0 bridgehead atoms. The van der Waals surface area contributed by atoms with Gasteiger partial charge >= 0.3 is 5.69 Å². The number of benzene rings is 2. The molecule has 1 N–H and O–H groups in total. The predicted octanol–water partition coefficient (Wildman–Crippen LogP) is 3.68. The highest BCUT2D eigenvalue weighted by Crippen LogP contribution is 2.26. The van der Waals surface area contributed by atoms with E-state index in [-0.39, 0.29) is 11.4 Å². The summed E-state index contributed by atoms with van der Waals surface area (Å²) in [6.45, 7) is 4.41. The smallest absolute Gasteiger partial charge is 0.328 e. The lowest BCUT2D eigenvalue weighted by Crippen LogP contribution is -2.22. The first kappa shape index (κ1) is 15.2. The van der Waals surface area contributed by atoms with Gasteiger partial charge in [0, 0.05) is 13.6 Å². The molecule has 0 atom stereocenters. The maximum Gasteiger partial charge on any atom is 0.328 e. The maximum atomic E-state index is 12.4. The van der Waals surface area contributed by atoms with Gasteiger partial charge in [0.2, 0.25) is 0 Å². The second kappa shape index (κ2) is 6.16. The molecule has 1 aromatic heterocycles. The Hall–Kier alpha value is -2.75. The van der Waals surface area contributed by atoms with E-state index in [9.17, 15) is 9.90 Å². The number of hydrogen-bond acceptors (Lipinski definition) is 2. The van der Waals surface area contributed by atoms with Crippen molar-refractivity contribution in [2.75, 3.05) is 0 Å². The predicted molar refractivity (Wildman–Crippen MR) is 93.7 cm³/mol. The minimum Gasteiger partial charge on any atom is -0.508 e.